The van der Waals surface area contributed by atoms with Gasteiger partial charge in [0.2, 0.25) is 11.8 Å². The fraction of sp³-hybridized carbons (Fsp3) is 0.368. The lowest BCUT2D eigenvalue weighted by atomic mass is 10.1. The van der Waals surface area contributed by atoms with E-state index in [0.29, 0.717) is 25.5 Å². The van der Waals surface area contributed by atoms with Crippen LogP contribution in [0, 0.1) is 5.92 Å². The standard InChI is InChI=1S/C19H22N6O2/c1-13(11-25-8-3-7-21-25)19(26)24-9-6-15-16(12-24)23-18(22-15)14-4-5-17(27-2)20-10-14/h3-5,7-8,10,13H,6,9,11-12H2,1-2H3,(H,22,23)/t13-/m0/s1. The summed E-state index contributed by atoms with van der Waals surface area (Å²) >= 11 is 0. The summed E-state index contributed by atoms with van der Waals surface area (Å²) in [7, 11) is 1.59. The third-order valence-electron chi connectivity index (χ3n) is 4.80. The van der Waals surface area contributed by atoms with Gasteiger partial charge in [0.1, 0.15) is 5.82 Å². The van der Waals surface area contributed by atoms with Gasteiger partial charge >= 0.3 is 0 Å². The first-order valence-corrected chi connectivity index (χ1v) is 8.98. The Morgan fingerprint density at radius 3 is 3.00 bits per heavy atom. The van der Waals surface area contributed by atoms with Crippen LogP contribution in [-0.2, 0) is 24.3 Å². The van der Waals surface area contributed by atoms with Gasteiger partial charge in [0.15, 0.2) is 0 Å². The van der Waals surface area contributed by atoms with Crippen LogP contribution >= 0.6 is 0 Å². The second-order valence-corrected chi connectivity index (χ2v) is 6.74. The number of fused-ring (bicyclic) bond motifs is 1. The van der Waals surface area contributed by atoms with E-state index in [4.69, 9.17) is 4.74 Å². The first-order chi connectivity index (χ1) is 13.1. The average Bonchev–Trinajstić information content (AvgIpc) is 3.36. The largest absolute Gasteiger partial charge is 0.481 e. The van der Waals surface area contributed by atoms with Crippen LogP contribution in [0.5, 0.6) is 5.88 Å². The van der Waals surface area contributed by atoms with Gasteiger partial charge in [0.05, 0.1) is 37.5 Å². The molecule has 27 heavy (non-hydrogen) atoms. The van der Waals surface area contributed by atoms with Crippen LogP contribution in [-0.4, -0.2) is 49.2 Å². The third kappa shape index (κ3) is 3.55. The van der Waals surface area contributed by atoms with E-state index in [-0.39, 0.29) is 11.8 Å². The molecular weight excluding hydrogens is 344 g/mol. The Bertz CT molecular complexity index is 916. The molecule has 8 nitrogen and oxygen atoms in total. The third-order valence-corrected chi connectivity index (χ3v) is 4.80. The number of methoxy groups -OCH3 is 1. The summed E-state index contributed by atoms with van der Waals surface area (Å²) in [5.74, 6) is 1.35. The zero-order valence-electron chi connectivity index (χ0n) is 15.4. The van der Waals surface area contributed by atoms with E-state index in [9.17, 15) is 4.79 Å². The fourth-order valence-electron chi connectivity index (χ4n) is 3.34. The van der Waals surface area contributed by atoms with E-state index in [1.165, 1.54) is 0 Å². The quantitative estimate of drug-likeness (QED) is 0.745. The van der Waals surface area contributed by atoms with Gasteiger partial charge < -0.3 is 14.6 Å². The molecule has 1 aliphatic rings. The average molecular weight is 366 g/mol. The van der Waals surface area contributed by atoms with Gasteiger partial charge in [-0.25, -0.2) is 9.97 Å². The number of imidazole rings is 1. The van der Waals surface area contributed by atoms with E-state index >= 15 is 0 Å². The highest BCUT2D eigenvalue weighted by atomic mass is 16.5. The molecule has 0 saturated carbocycles. The summed E-state index contributed by atoms with van der Waals surface area (Å²) in [6.07, 6.45) is 6.08. The molecule has 0 saturated heterocycles. The Morgan fingerprint density at radius 1 is 1.41 bits per heavy atom. The Labute approximate surface area is 157 Å². The number of nitrogens with one attached hydrogen (secondary N) is 1. The molecule has 0 fully saturated rings. The van der Waals surface area contributed by atoms with Gasteiger partial charge in [0, 0.05) is 43.2 Å². The summed E-state index contributed by atoms with van der Waals surface area (Å²) in [6.45, 7) is 3.76. The Hall–Kier alpha value is -3.16. The molecule has 3 aromatic rings. The number of aromatic amines is 1. The minimum atomic E-state index is -0.125. The van der Waals surface area contributed by atoms with Crippen molar-refractivity contribution in [2.24, 2.45) is 5.92 Å². The Kier molecular flexibility index (Phi) is 4.62. The number of aromatic nitrogens is 5. The summed E-state index contributed by atoms with van der Waals surface area (Å²) in [5.41, 5.74) is 2.91. The van der Waals surface area contributed by atoms with Crippen molar-refractivity contribution < 1.29 is 9.53 Å². The van der Waals surface area contributed by atoms with Crippen LogP contribution in [0.3, 0.4) is 0 Å². The van der Waals surface area contributed by atoms with Crippen molar-refractivity contribution in [3.05, 3.63) is 48.2 Å². The zero-order valence-corrected chi connectivity index (χ0v) is 15.4. The van der Waals surface area contributed by atoms with Gasteiger partial charge in [-0.05, 0) is 12.1 Å². The lowest BCUT2D eigenvalue weighted by molar-refractivity contribution is -0.136. The summed E-state index contributed by atoms with van der Waals surface area (Å²) in [4.78, 5) is 27.0. The maximum atomic E-state index is 12.8. The molecule has 4 rings (SSSR count). The number of carbonyl (C=O) groups is 1. The van der Waals surface area contributed by atoms with Crippen molar-refractivity contribution in [2.45, 2.75) is 26.4 Å². The highest BCUT2D eigenvalue weighted by Gasteiger charge is 2.27. The number of pyridine rings is 1. The van der Waals surface area contributed by atoms with Crippen LogP contribution in [0.2, 0.25) is 0 Å². The second kappa shape index (κ2) is 7.22. The first-order valence-electron chi connectivity index (χ1n) is 8.98. The normalized spacial score (nSPS) is 14.7. The van der Waals surface area contributed by atoms with Crippen molar-refractivity contribution in [3.63, 3.8) is 0 Å². The van der Waals surface area contributed by atoms with Crippen molar-refractivity contribution in [3.8, 4) is 17.3 Å². The summed E-state index contributed by atoms with van der Waals surface area (Å²) in [5, 5.41) is 4.18. The van der Waals surface area contributed by atoms with E-state index in [1.807, 2.05) is 36.2 Å². The molecule has 1 N–H and O–H groups in total. The fourth-order valence-corrected chi connectivity index (χ4v) is 3.34. The van der Waals surface area contributed by atoms with Crippen molar-refractivity contribution >= 4 is 5.91 Å². The minimum Gasteiger partial charge on any atom is -0.481 e. The van der Waals surface area contributed by atoms with Crippen LogP contribution in [0.15, 0.2) is 36.8 Å². The lowest BCUT2D eigenvalue weighted by Gasteiger charge is -2.28. The maximum Gasteiger partial charge on any atom is 0.227 e. The molecule has 1 aliphatic heterocycles. The number of hydrogen-bond acceptors (Lipinski definition) is 5. The monoisotopic (exact) mass is 366 g/mol. The zero-order chi connectivity index (χ0) is 18.8. The number of ether oxygens (including phenoxy) is 1. The molecule has 8 heteroatoms. The number of hydrogen-bond donors (Lipinski definition) is 1. The Morgan fingerprint density at radius 2 is 2.30 bits per heavy atom. The summed E-state index contributed by atoms with van der Waals surface area (Å²) in [6, 6.07) is 5.60. The van der Waals surface area contributed by atoms with Crippen molar-refractivity contribution in [2.75, 3.05) is 13.7 Å². The second-order valence-electron chi connectivity index (χ2n) is 6.74. The Balaban J connectivity index is 1.46. The van der Waals surface area contributed by atoms with Gasteiger partial charge in [-0.2, -0.15) is 5.10 Å². The van der Waals surface area contributed by atoms with Gasteiger partial charge in [-0.15, -0.1) is 0 Å². The molecule has 3 aromatic heterocycles. The molecule has 0 aliphatic carbocycles. The molecule has 1 amide bonds. The molecule has 0 spiro atoms. The maximum absolute atomic E-state index is 12.8. The number of rotatable bonds is 5. The highest BCUT2D eigenvalue weighted by molar-refractivity contribution is 5.78. The number of nitrogens with zero attached hydrogens (tertiary/aromatic N) is 5. The van der Waals surface area contributed by atoms with Gasteiger partial charge in [-0.1, -0.05) is 6.92 Å². The van der Waals surface area contributed by atoms with E-state index in [1.54, 1.807) is 24.2 Å². The van der Waals surface area contributed by atoms with E-state index in [2.05, 4.69) is 20.1 Å². The van der Waals surface area contributed by atoms with Crippen LogP contribution in [0.4, 0.5) is 0 Å². The highest BCUT2D eigenvalue weighted by Crippen LogP contribution is 2.24. The smallest absolute Gasteiger partial charge is 0.227 e. The van der Waals surface area contributed by atoms with Crippen LogP contribution < -0.4 is 4.74 Å². The number of H-pyrrole nitrogens is 1. The van der Waals surface area contributed by atoms with Gasteiger partial charge in [-0.3, -0.25) is 9.48 Å². The molecule has 0 aromatic carbocycles. The predicted octanol–water partition coefficient (Wildman–Crippen LogP) is 1.90. The van der Waals surface area contributed by atoms with Crippen molar-refractivity contribution in [1.29, 1.82) is 0 Å². The van der Waals surface area contributed by atoms with Crippen molar-refractivity contribution in [1.82, 2.24) is 29.6 Å². The molecule has 140 valence electrons. The molecule has 0 radical (unpaired) electrons. The van der Waals surface area contributed by atoms with Gasteiger partial charge in [0.25, 0.3) is 0 Å². The molecule has 1 atom stereocenters. The molecule has 0 bridgehead atoms. The first kappa shape index (κ1) is 17.3. The number of amides is 1. The SMILES string of the molecule is COc1ccc(-c2nc3c([nH]2)CN(C(=O)[C@@H](C)Cn2cccn2)CC3)cn1. The van der Waals surface area contributed by atoms with Crippen LogP contribution in [0.25, 0.3) is 11.4 Å². The predicted molar refractivity (Wildman–Crippen MR) is 98.9 cm³/mol. The lowest BCUT2D eigenvalue weighted by Crippen LogP contribution is -2.40. The molecular formula is C19H22N6O2. The van der Waals surface area contributed by atoms with E-state index < -0.39 is 0 Å². The van der Waals surface area contributed by atoms with E-state index in [0.717, 1.165) is 29.2 Å². The summed E-state index contributed by atoms with van der Waals surface area (Å²) < 4.78 is 6.89. The topological polar surface area (TPSA) is 88.9 Å². The minimum absolute atomic E-state index is 0.125. The molecule has 0 unspecified atom stereocenters. The molecule has 4 heterocycles. The van der Waals surface area contributed by atoms with Crippen LogP contribution in [0.1, 0.15) is 18.3 Å². The number of carbonyl (C=O) groups excluding carboxylic acids is 1.